The predicted molar refractivity (Wildman–Crippen MR) is 93.3 cm³/mol. The van der Waals surface area contributed by atoms with Gasteiger partial charge in [-0.2, -0.15) is 0 Å². The van der Waals surface area contributed by atoms with E-state index in [-0.39, 0.29) is 18.0 Å². The molecule has 7 heteroatoms. The lowest BCUT2D eigenvalue weighted by Gasteiger charge is -2.07. The van der Waals surface area contributed by atoms with E-state index in [1.54, 1.807) is 24.3 Å². The van der Waals surface area contributed by atoms with E-state index in [0.29, 0.717) is 23.0 Å². The van der Waals surface area contributed by atoms with Crippen LogP contribution in [0.25, 0.3) is 0 Å². The van der Waals surface area contributed by atoms with Crippen molar-refractivity contribution in [2.24, 2.45) is 10.7 Å². The first-order valence-electron chi connectivity index (χ1n) is 7.58. The van der Waals surface area contributed by atoms with Crippen LogP contribution in [0.4, 0.5) is 5.82 Å². The van der Waals surface area contributed by atoms with Crippen LogP contribution in [0.15, 0.2) is 47.6 Å². The minimum Gasteiger partial charge on any atom is -0.463 e. The lowest BCUT2D eigenvalue weighted by Crippen LogP contribution is -2.13. The first kappa shape index (κ1) is 16.3. The molecule has 124 valence electrons. The third-order valence-corrected chi connectivity index (χ3v) is 3.91. The van der Waals surface area contributed by atoms with Crippen molar-refractivity contribution in [2.45, 2.75) is 18.9 Å². The number of amidine groups is 1. The van der Waals surface area contributed by atoms with Crippen molar-refractivity contribution in [3.05, 3.63) is 58.7 Å². The minimum atomic E-state index is -0.210. The second kappa shape index (κ2) is 7.31. The van der Waals surface area contributed by atoms with Crippen molar-refractivity contribution in [3.8, 4) is 0 Å². The topological polar surface area (TPSA) is 89.6 Å². The van der Waals surface area contributed by atoms with E-state index in [9.17, 15) is 4.79 Å². The summed E-state index contributed by atoms with van der Waals surface area (Å²) in [5.74, 6) is 0.253. The van der Waals surface area contributed by atoms with E-state index in [1.807, 2.05) is 12.1 Å². The Morgan fingerprint density at radius 3 is 2.71 bits per heavy atom. The van der Waals surface area contributed by atoms with E-state index in [4.69, 9.17) is 22.1 Å². The zero-order valence-corrected chi connectivity index (χ0v) is 13.7. The van der Waals surface area contributed by atoms with Gasteiger partial charge in [-0.15, -0.1) is 0 Å². The second-order valence-corrected chi connectivity index (χ2v) is 5.92. The number of halogens is 1. The molecule has 0 radical (unpaired) electrons. The van der Waals surface area contributed by atoms with Gasteiger partial charge in [0.1, 0.15) is 12.4 Å². The lowest BCUT2D eigenvalue weighted by atomic mass is 10.0. The van der Waals surface area contributed by atoms with E-state index in [2.05, 4.69) is 15.3 Å². The summed E-state index contributed by atoms with van der Waals surface area (Å²) in [7, 11) is 0. The van der Waals surface area contributed by atoms with Gasteiger partial charge in [0.25, 0.3) is 11.9 Å². The first-order chi connectivity index (χ1) is 11.6. The Hall–Kier alpha value is -2.60. The average molecular weight is 345 g/mol. The monoisotopic (exact) mass is 344 g/mol. The highest BCUT2D eigenvalue weighted by Gasteiger charge is 2.16. The van der Waals surface area contributed by atoms with Crippen LogP contribution in [-0.4, -0.2) is 29.6 Å². The van der Waals surface area contributed by atoms with Gasteiger partial charge < -0.3 is 15.8 Å². The highest BCUT2D eigenvalue weighted by Crippen LogP contribution is 2.14. The highest BCUT2D eigenvalue weighted by molar-refractivity contribution is 6.30. The van der Waals surface area contributed by atoms with Crippen LogP contribution < -0.4 is 11.1 Å². The number of aryl methyl sites for hydroxylation is 1. The fourth-order valence-corrected chi connectivity index (χ4v) is 2.49. The molecule has 0 saturated heterocycles. The summed E-state index contributed by atoms with van der Waals surface area (Å²) in [6.07, 6.45) is 3.20. The third-order valence-electron chi connectivity index (χ3n) is 3.68. The van der Waals surface area contributed by atoms with Crippen LogP contribution in [0.3, 0.4) is 0 Å². The van der Waals surface area contributed by atoms with Crippen LogP contribution in [0, 0.1) is 0 Å². The van der Waals surface area contributed by atoms with Crippen molar-refractivity contribution in [1.82, 2.24) is 4.98 Å². The highest BCUT2D eigenvalue weighted by atomic mass is 35.5. The van der Waals surface area contributed by atoms with Crippen LogP contribution in [0.1, 0.15) is 22.3 Å². The molecular formula is C17H17ClN4O2. The molecule has 0 saturated carbocycles. The number of hydrogen-bond acceptors (Lipinski definition) is 5. The van der Waals surface area contributed by atoms with Gasteiger partial charge >= 0.3 is 0 Å². The average Bonchev–Trinajstić information content (AvgIpc) is 3.01. The molecule has 1 aromatic heterocycles. The summed E-state index contributed by atoms with van der Waals surface area (Å²) in [5, 5.41) is 3.25. The molecule has 1 aromatic carbocycles. The number of hydrogen-bond donors (Lipinski definition) is 2. The van der Waals surface area contributed by atoms with Crippen LogP contribution in [0.5, 0.6) is 0 Å². The number of ether oxygens (including phenoxy) is 1. The maximum Gasteiger partial charge on any atom is 0.282 e. The molecule has 1 aliphatic heterocycles. The van der Waals surface area contributed by atoms with Crippen molar-refractivity contribution in [1.29, 1.82) is 0 Å². The van der Waals surface area contributed by atoms with Gasteiger partial charge in [0.05, 0.1) is 11.1 Å². The summed E-state index contributed by atoms with van der Waals surface area (Å²) < 4.78 is 5.13. The quantitative estimate of drug-likeness (QED) is 0.872. The molecule has 1 aliphatic rings. The van der Waals surface area contributed by atoms with Gasteiger partial charge in [-0.3, -0.25) is 4.79 Å². The van der Waals surface area contributed by atoms with E-state index >= 15 is 0 Å². The number of amides is 1. The number of nitrogens with two attached hydrogens (primary N) is 1. The molecule has 0 aliphatic carbocycles. The number of benzene rings is 1. The Labute approximate surface area is 144 Å². The number of nitrogens with one attached hydrogen (secondary N) is 1. The molecule has 1 unspecified atom stereocenters. The Bertz CT molecular complexity index is 744. The van der Waals surface area contributed by atoms with Crippen molar-refractivity contribution >= 4 is 29.3 Å². The maximum atomic E-state index is 12.2. The number of carbonyl (C=O) groups excluding carboxylic acids is 1. The lowest BCUT2D eigenvalue weighted by molar-refractivity contribution is 0.102. The van der Waals surface area contributed by atoms with Crippen LogP contribution >= 0.6 is 11.6 Å². The SMILES string of the molecule is NC1=NC(CCc2ccc(C(=O)Nc3ccc(Cl)cn3)cc2)CO1. The van der Waals surface area contributed by atoms with E-state index in [1.165, 1.54) is 6.20 Å². The van der Waals surface area contributed by atoms with Crippen LogP contribution in [0.2, 0.25) is 5.02 Å². The van der Waals surface area contributed by atoms with Gasteiger partial charge in [0.2, 0.25) is 0 Å². The molecule has 24 heavy (non-hydrogen) atoms. The van der Waals surface area contributed by atoms with E-state index < -0.39 is 0 Å². The predicted octanol–water partition coefficient (Wildman–Crippen LogP) is 2.63. The van der Waals surface area contributed by atoms with Gasteiger partial charge in [0, 0.05) is 11.8 Å². The molecule has 3 N–H and O–H groups in total. The molecule has 1 amide bonds. The number of rotatable bonds is 5. The third kappa shape index (κ3) is 4.23. The Morgan fingerprint density at radius 2 is 2.08 bits per heavy atom. The molecule has 1 atom stereocenters. The summed E-state index contributed by atoms with van der Waals surface area (Å²) in [5.41, 5.74) is 7.20. The smallest absolute Gasteiger partial charge is 0.282 e. The number of aromatic nitrogens is 1. The Balaban J connectivity index is 1.55. The molecule has 0 bridgehead atoms. The zero-order valence-electron chi connectivity index (χ0n) is 12.9. The number of aliphatic imine (C=N–C) groups is 1. The largest absolute Gasteiger partial charge is 0.463 e. The molecule has 0 spiro atoms. The minimum absolute atomic E-state index is 0.115. The van der Waals surface area contributed by atoms with Gasteiger partial charge in [-0.05, 0) is 42.7 Å². The molecule has 2 aromatic rings. The van der Waals surface area contributed by atoms with Gasteiger partial charge in [0.15, 0.2) is 0 Å². The molecule has 2 heterocycles. The molecule has 6 nitrogen and oxygen atoms in total. The maximum absolute atomic E-state index is 12.2. The summed E-state index contributed by atoms with van der Waals surface area (Å²) in [6, 6.07) is 11.2. The number of carbonyl (C=O) groups is 1. The summed E-state index contributed by atoms with van der Waals surface area (Å²) >= 11 is 5.77. The molecule has 3 rings (SSSR count). The first-order valence-corrected chi connectivity index (χ1v) is 7.96. The van der Waals surface area contributed by atoms with Crippen LogP contribution in [-0.2, 0) is 11.2 Å². The van der Waals surface area contributed by atoms with Crippen molar-refractivity contribution in [2.75, 3.05) is 11.9 Å². The summed E-state index contributed by atoms with van der Waals surface area (Å²) in [6.45, 7) is 0.542. The van der Waals surface area contributed by atoms with Gasteiger partial charge in [-0.1, -0.05) is 23.7 Å². The normalized spacial score (nSPS) is 16.4. The molecule has 0 fully saturated rings. The van der Waals surface area contributed by atoms with Crippen molar-refractivity contribution in [3.63, 3.8) is 0 Å². The van der Waals surface area contributed by atoms with E-state index in [0.717, 1.165) is 18.4 Å². The number of anilines is 1. The Kier molecular flexibility index (Phi) is 4.96. The van der Waals surface area contributed by atoms with Crippen molar-refractivity contribution < 1.29 is 9.53 Å². The Morgan fingerprint density at radius 1 is 1.29 bits per heavy atom. The number of pyridine rings is 1. The molecular weight excluding hydrogens is 328 g/mol. The van der Waals surface area contributed by atoms with Gasteiger partial charge in [-0.25, -0.2) is 9.98 Å². The fraction of sp³-hybridized carbons (Fsp3) is 0.235. The fourth-order valence-electron chi connectivity index (χ4n) is 2.38. The number of nitrogens with zero attached hydrogens (tertiary/aromatic N) is 2. The zero-order chi connectivity index (χ0) is 16.9. The standard InChI is InChI=1S/C17H17ClN4O2/c18-13-6-8-15(20-9-13)22-16(23)12-4-1-11(2-5-12)3-7-14-10-24-17(19)21-14/h1-2,4-6,8-9,14H,3,7,10H2,(H2,19,21)(H,20,22,23). The second-order valence-electron chi connectivity index (χ2n) is 5.48. The summed E-state index contributed by atoms with van der Waals surface area (Å²) in [4.78, 5) is 20.4.